The van der Waals surface area contributed by atoms with Crippen molar-refractivity contribution < 1.29 is 0 Å². The van der Waals surface area contributed by atoms with E-state index in [9.17, 15) is 4.79 Å². The summed E-state index contributed by atoms with van der Waals surface area (Å²) in [6, 6.07) is 1.99. The molecule has 1 rings (SSSR count). The normalized spacial score (nSPS) is 12.4. The third-order valence-electron chi connectivity index (χ3n) is 3.55. The van der Waals surface area contributed by atoms with Crippen LogP contribution in [0.2, 0.25) is 0 Å². The monoisotopic (exact) mass is 280 g/mol. The van der Waals surface area contributed by atoms with Gasteiger partial charge in [0.05, 0.1) is 18.4 Å². The Labute approximate surface area is 122 Å². The van der Waals surface area contributed by atoms with E-state index in [2.05, 4.69) is 43.0 Å². The van der Waals surface area contributed by atoms with E-state index >= 15 is 0 Å². The van der Waals surface area contributed by atoms with Crippen LogP contribution in [0.5, 0.6) is 0 Å². The molecule has 1 heterocycles. The maximum atomic E-state index is 12.1. The molecule has 1 N–H and O–H groups in total. The number of rotatable bonds is 9. The highest BCUT2D eigenvalue weighted by atomic mass is 16.1. The van der Waals surface area contributed by atoms with Gasteiger partial charge in [-0.1, -0.05) is 13.8 Å². The minimum atomic E-state index is -0.0221. The van der Waals surface area contributed by atoms with Crippen molar-refractivity contribution in [2.75, 3.05) is 24.5 Å². The first kappa shape index (κ1) is 16.7. The zero-order valence-corrected chi connectivity index (χ0v) is 13.2. The molecular formula is C15H28N4O. The Morgan fingerprint density at radius 2 is 2.00 bits per heavy atom. The van der Waals surface area contributed by atoms with Gasteiger partial charge in [0.1, 0.15) is 0 Å². The van der Waals surface area contributed by atoms with Crippen LogP contribution in [0.3, 0.4) is 0 Å². The summed E-state index contributed by atoms with van der Waals surface area (Å²) in [6.45, 7) is 11.8. The molecule has 0 aliphatic heterocycles. The lowest BCUT2D eigenvalue weighted by Crippen LogP contribution is -2.37. The Kier molecular flexibility index (Phi) is 7.30. The molecule has 5 heteroatoms. The van der Waals surface area contributed by atoms with Crippen molar-refractivity contribution in [3.05, 3.63) is 22.6 Å². The van der Waals surface area contributed by atoms with Crippen molar-refractivity contribution in [1.82, 2.24) is 15.1 Å². The Bertz CT molecular complexity index is 440. The van der Waals surface area contributed by atoms with Crippen LogP contribution < -0.4 is 15.8 Å². The molecule has 0 fully saturated rings. The van der Waals surface area contributed by atoms with Crippen molar-refractivity contribution in [3.63, 3.8) is 0 Å². The first-order valence-electron chi connectivity index (χ1n) is 7.71. The third-order valence-corrected chi connectivity index (χ3v) is 3.55. The number of hydrogen-bond acceptors (Lipinski definition) is 4. The smallest absolute Gasteiger partial charge is 0.268 e. The van der Waals surface area contributed by atoms with Gasteiger partial charge in [0, 0.05) is 25.2 Å². The molecule has 114 valence electrons. The summed E-state index contributed by atoms with van der Waals surface area (Å²) in [7, 11) is 0. The van der Waals surface area contributed by atoms with Gasteiger partial charge in [-0.05, 0) is 33.2 Å². The molecule has 0 aromatic carbocycles. The van der Waals surface area contributed by atoms with Gasteiger partial charge in [0.2, 0.25) is 0 Å². The molecule has 20 heavy (non-hydrogen) atoms. The minimum Gasteiger partial charge on any atom is -0.371 e. The van der Waals surface area contributed by atoms with Crippen molar-refractivity contribution in [3.8, 4) is 0 Å². The van der Waals surface area contributed by atoms with Crippen molar-refractivity contribution in [2.45, 2.75) is 53.1 Å². The summed E-state index contributed by atoms with van der Waals surface area (Å²) in [6.07, 6.45) is 3.88. The summed E-state index contributed by atoms with van der Waals surface area (Å²) in [5, 5.41) is 7.76. The molecule has 0 radical (unpaired) electrons. The lowest BCUT2D eigenvalue weighted by Gasteiger charge is -2.21. The van der Waals surface area contributed by atoms with Crippen LogP contribution in [-0.4, -0.2) is 35.5 Å². The third kappa shape index (κ3) is 4.63. The second kappa shape index (κ2) is 8.74. The SMILES string of the molecule is CCCNC(CC)Cn1ncc(N(CC)CC)cc1=O. The molecule has 0 bridgehead atoms. The summed E-state index contributed by atoms with van der Waals surface area (Å²) in [4.78, 5) is 14.3. The number of anilines is 1. The van der Waals surface area contributed by atoms with Gasteiger partial charge in [-0.15, -0.1) is 0 Å². The molecule has 1 aromatic heterocycles. The molecule has 1 atom stereocenters. The van der Waals surface area contributed by atoms with Gasteiger partial charge < -0.3 is 10.2 Å². The fourth-order valence-electron chi connectivity index (χ4n) is 2.22. The predicted molar refractivity (Wildman–Crippen MR) is 84.4 cm³/mol. The van der Waals surface area contributed by atoms with E-state index in [1.807, 2.05) is 0 Å². The Morgan fingerprint density at radius 3 is 2.50 bits per heavy atom. The zero-order valence-electron chi connectivity index (χ0n) is 13.2. The lowest BCUT2D eigenvalue weighted by atomic mass is 10.2. The molecule has 0 amide bonds. The average Bonchev–Trinajstić information content (AvgIpc) is 2.46. The van der Waals surface area contributed by atoms with Crippen LogP contribution in [0.15, 0.2) is 17.1 Å². The Morgan fingerprint density at radius 1 is 1.30 bits per heavy atom. The van der Waals surface area contributed by atoms with E-state index < -0.39 is 0 Å². The van der Waals surface area contributed by atoms with Crippen LogP contribution in [0.4, 0.5) is 5.69 Å². The lowest BCUT2D eigenvalue weighted by molar-refractivity contribution is 0.406. The highest BCUT2D eigenvalue weighted by molar-refractivity contribution is 5.42. The quantitative estimate of drug-likeness (QED) is 0.750. The van der Waals surface area contributed by atoms with Gasteiger partial charge in [0.15, 0.2) is 0 Å². The van der Waals surface area contributed by atoms with Crippen molar-refractivity contribution in [2.24, 2.45) is 0 Å². The fraction of sp³-hybridized carbons (Fsp3) is 0.733. The second-order valence-corrected chi connectivity index (χ2v) is 4.97. The largest absolute Gasteiger partial charge is 0.371 e. The summed E-state index contributed by atoms with van der Waals surface area (Å²) < 4.78 is 1.56. The highest BCUT2D eigenvalue weighted by Gasteiger charge is 2.10. The van der Waals surface area contributed by atoms with Crippen LogP contribution in [-0.2, 0) is 6.54 Å². The average molecular weight is 280 g/mol. The van der Waals surface area contributed by atoms with Crippen LogP contribution in [0, 0.1) is 0 Å². The van der Waals surface area contributed by atoms with E-state index in [0.29, 0.717) is 12.6 Å². The van der Waals surface area contributed by atoms with Crippen molar-refractivity contribution >= 4 is 5.69 Å². The first-order chi connectivity index (χ1) is 9.65. The molecule has 0 aliphatic rings. The van der Waals surface area contributed by atoms with E-state index in [1.165, 1.54) is 0 Å². The van der Waals surface area contributed by atoms with Gasteiger partial charge >= 0.3 is 0 Å². The van der Waals surface area contributed by atoms with E-state index in [-0.39, 0.29) is 5.56 Å². The van der Waals surface area contributed by atoms with E-state index in [1.54, 1.807) is 16.9 Å². The number of hydrogen-bond donors (Lipinski definition) is 1. The fourth-order valence-corrected chi connectivity index (χ4v) is 2.22. The van der Waals surface area contributed by atoms with Gasteiger partial charge in [-0.3, -0.25) is 4.79 Å². The highest BCUT2D eigenvalue weighted by Crippen LogP contribution is 2.08. The summed E-state index contributed by atoms with van der Waals surface area (Å²) in [5.41, 5.74) is 0.886. The van der Waals surface area contributed by atoms with Gasteiger partial charge in [-0.2, -0.15) is 5.10 Å². The Hall–Kier alpha value is -1.36. The van der Waals surface area contributed by atoms with Crippen molar-refractivity contribution in [1.29, 1.82) is 0 Å². The van der Waals surface area contributed by atoms with Crippen LogP contribution in [0.25, 0.3) is 0 Å². The number of aromatic nitrogens is 2. The van der Waals surface area contributed by atoms with Crippen LogP contribution in [0.1, 0.15) is 40.5 Å². The molecule has 0 saturated heterocycles. The first-order valence-corrected chi connectivity index (χ1v) is 7.71. The molecule has 1 unspecified atom stereocenters. The standard InChI is InChI=1S/C15H28N4O/c1-5-9-16-13(6-2)12-19-15(20)10-14(11-17-19)18(7-3)8-4/h10-11,13,16H,5-9,12H2,1-4H3. The zero-order chi connectivity index (χ0) is 15.0. The number of nitrogens with one attached hydrogen (secondary N) is 1. The van der Waals surface area contributed by atoms with Gasteiger partial charge in [0.25, 0.3) is 5.56 Å². The molecule has 0 saturated carbocycles. The molecule has 0 spiro atoms. The minimum absolute atomic E-state index is 0.0221. The second-order valence-electron chi connectivity index (χ2n) is 4.97. The van der Waals surface area contributed by atoms with E-state index in [4.69, 9.17) is 0 Å². The van der Waals surface area contributed by atoms with E-state index in [0.717, 1.165) is 38.2 Å². The summed E-state index contributed by atoms with van der Waals surface area (Å²) >= 11 is 0. The molecule has 0 aliphatic carbocycles. The molecule has 5 nitrogen and oxygen atoms in total. The van der Waals surface area contributed by atoms with Crippen LogP contribution >= 0.6 is 0 Å². The molecule has 1 aromatic rings. The summed E-state index contributed by atoms with van der Waals surface area (Å²) in [5.74, 6) is 0. The topological polar surface area (TPSA) is 50.2 Å². The van der Waals surface area contributed by atoms with Gasteiger partial charge in [-0.25, -0.2) is 4.68 Å². The predicted octanol–water partition coefficient (Wildman–Crippen LogP) is 1.87. The maximum absolute atomic E-state index is 12.1. The molecular weight excluding hydrogens is 252 g/mol. The number of nitrogens with zero attached hydrogens (tertiary/aromatic N) is 3. The Balaban J connectivity index is 2.79. The maximum Gasteiger partial charge on any atom is 0.268 e.